The van der Waals surface area contributed by atoms with Gasteiger partial charge in [-0.25, -0.2) is 9.48 Å². The maximum atomic E-state index is 12.5. The summed E-state index contributed by atoms with van der Waals surface area (Å²) < 4.78 is 36.2. The van der Waals surface area contributed by atoms with Gasteiger partial charge in [0.25, 0.3) is 11.8 Å². The highest BCUT2D eigenvalue weighted by Gasteiger charge is 2.49. The van der Waals surface area contributed by atoms with E-state index in [1.807, 2.05) is 0 Å². The Morgan fingerprint density at radius 3 is 2.74 bits per heavy atom. The lowest BCUT2D eigenvalue weighted by Gasteiger charge is -2.29. The first kappa shape index (κ1) is 22.8. The molecule has 0 radical (unpaired) electrons. The van der Waals surface area contributed by atoms with Crippen LogP contribution in [0, 0.1) is 0 Å². The summed E-state index contributed by atoms with van der Waals surface area (Å²) in [4.78, 5) is 38.0. The summed E-state index contributed by atoms with van der Waals surface area (Å²) in [6.45, 7) is 0.350. The van der Waals surface area contributed by atoms with Crippen molar-refractivity contribution in [1.29, 1.82) is 0 Å². The van der Waals surface area contributed by atoms with E-state index in [1.165, 1.54) is 4.68 Å². The van der Waals surface area contributed by atoms with E-state index in [1.54, 1.807) is 0 Å². The monoisotopic (exact) mass is 461 g/mol. The third-order valence-corrected chi connectivity index (χ3v) is 5.23. The van der Waals surface area contributed by atoms with E-state index in [0.717, 1.165) is 17.7 Å². The molecule has 0 spiro atoms. The molecule has 172 valence electrons. The Morgan fingerprint density at radius 2 is 2.03 bits per heavy atom. The van der Waals surface area contributed by atoms with Crippen LogP contribution < -0.4 is 16.6 Å². The number of nitrogens with one attached hydrogen (secondary N) is 2. The molecule has 0 saturated carbocycles. The summed E-state index contributed by atoms with van der Waals surface area (Å²) in [6, 6.07) is -2.44. The topological polar surface area (TPSA) is 215 Å². The molecule has 3 rings (SSSR count). The number of carbonyl (C=O) groups is 3. The molecular formula is C14H23N9O7S. The molecule has 2 fully saturated rings. The molecule has 2 aliphatic heterocycles. The maximum absolute atomic E-state index is 12.5. The zero-order chi connectivity index (χ0) is 22.6. The molecular weight excluding hydrogens is 438 g/mol. The van der Waals surface area contributed by atoms with E-state index in [0.29, 0.717) is 23.9 Å². The van der Waals surface area contributed by atoms with Gasteiger partial charge in [0, 0.05) is 13.0 Å². The number of urea groups is 1. The Morgan fingerprint density at radius 1 is 1.26 bits per heavy atom. The van der Waals surface area contributed by atoms with Crippen molar-refractivity contribution in [2.75, 3.05) is 13.1 Å². The number of amides is 4. The van der Waals surface area contributed by atoms with E-state index in [2.05, 4.69) is 30.7 Å². The molecule has 3 heterocycles. The van der Waals surface area contributed by atoms with Crippen LogP contribution in [-0.4, -0.2) is 86.2 Å². The molecule has 2 aliphatic rings. The van der Waals surface area contributed by atoms with Crippen molar-refractivity contribution in [3.63, 3.8) is 0 Å². The first-order chi connectivity index (χ1) is 14.7. The quantitative estimate of drug-likeness (QED) is 0.166. The van der Waals surface area contributed by atoms with Gasteiger partial charge in [-0.05, 0) is 42.7 Å². The molecule has 1 aromatic heterocycles. The minimum absolute atomic E-state index is 0.0389. The molecule has 1 aromatic rings. The second-order valence-electron chi connectivity index (χ2n) is 7.05. The van der Waals surface area contributed by atoms with Gasteiger partial charge in [0.1, 0.15) is 12.6 Å². The first-order valence-corrected chi connectivity index (χ1v) is 10.9. The number of piperidine rings is 1. The van der Waals surface area contributed by atoms with E-state index >= 15 is 0 Å². The molecule has 2 atom stereocenters. The number of rotatable bonds is 9. The number of tetrazole rings is 1. The number of aromatic nitrogens is 4. The normalized spacial score (nSPS) is 20.8. The number of hydrazine groups is 1. The fraction of sp³-hybridized carbons (Fsp3) is 0.714. The Labute approximate surface area is 176 Å². The molecule has 4 amide bonds. The highest BCUT2D eigenvalue weighted by Crippen LogP contribution is 2.30. The van der Waals surface area contributed by atoms with Crippen LogP contribution in [0.2, 0.25) is 0 Å². The minimum atomic E-state index is -4.88. The second kappa shape index (κ2) is 9.50. The molecule has 2 bridgehead atoms. The first-order valence-electron chi connectivity index (χ1n) is 9.50. The number of unbranched alkanes of at least 4 members (excludes halogenated alkanes) is 1. The lowest BCUT2D eigenvalue weighted by Crippen LogP contribution is -2.54. The zero-order valence-corrected chi connectivity index (χ0v) is 17.2. The van der Waals surface area contributed by atoms with Crippen molar-refractivity contribution in [1.82, 2.24) is 41.0 Å². The van der Waals surface area contributed by atoms with Crippen molar-refractivity contribution in [2.45, 2.75) is 50.7 Å². The number of hydrogen-bond donors (Lipinski definition) is 4. The van der Waals surface area contributed by atoms with Crippen LogP contribution in [0.25, 0.3) is 0 Å². The summed E-state index contributed by atoms with van der Waals surface area (Å²) in [5.74, 6) is -0.734. The standard InChI is InChI=1S/C14H23N9O7S/c15-6-2-1-3-11-16-19-20-22(11)8-12(24)17-18-13(25)10-5-4-9-7-21(10)14(26)23(9)30-31(27,28)29/h9-10H,1-8,15H2,(H,17,24)(H,18,25)(H,27,28,29)/t9-,10+/m1/s1. The number of nitrogens with two attached hydrogens (primary N) is 1. The van der Waals surface area contributed by atoms with Crippen molar-refractivity contribution in [3.05, 3.63) is 5.82 Å². The van der Waals surface area contributed by atoms with E-state index in [-0.39, 0.29) is 25.9 Å². The number of nitrogens with zero attached hydrogens (tertiary/aromatic N) is 6. The van der Waals surface area contributed by atoms with Gasteiger partial charge in [0.15, 0.2) is 5.82 Å². The number of aryl methyl sites for hydroxylation is 1. The number of hydroxylamine groups is 2. The smallest absolute Gasteiger partial charge is 0.330 e. The Hall–Kier alpha value is -2.89. The fourth-order valence-electron chi connectivity index (χ4n) is 3.45. The van der Waals surface area contributed by atoms with Gasteiger partial charge in [-0.1, -0.05) is 0 Å². The lowest BCUT2D eigenvalue weighted by atomic mass is 10.0. The van der Waals surface area contributed by atoms with E-state index < -0.39 is 40.3 Å². The Balaban J connectivity index is 1.51. The second-order valence-corrected chi connectivity index (χ2v) is 8.05. The van der Waals surface area contributed by atoms with Crippen molar-refractivity contribution in [2.24, 2.45) is 5.73 Å². The molecule has 2 saturated heterocycles. The van der Waals surface area contributed by atoms with Gasteiger partial charge in [0.2, 0.25) is 0 Å². The number of hydrogen-bond acceptors (Lipinski definition) is 10. The summed E-state index contributed by atoms with van der Waals surface area (Å²) >= 11 is 0. The summed E-state index contributed by atoms with van der Waals surface area (Å²) in [5.41, 5.74) is 9.93. The maximum Gasteiger partial charge on any atom is 0.418 e. The Kier molecular flexibility index (Phi) is 6.98. The average molecular weight is 461 g/mol. The van der Waals surface area contributed by atoms with Crippen LogP contribution in [0.1, 0.15) is 31.5 Å². The summed E-state index contributed by atoms with van der Waals surface area (Å²) in [6.07, 6.45) is 2.58. The fourth-order valence-corrected chi connectivity index (χ4v) is 3.84. The van der Waals surface area contributed by atoms with Crippen LogP contribution in [0.5, 0.6) is 0 Å². The average Bonchev–Trinajstić information content (AvgIpc) is 3.24. The molecule has 5 N–H and O–H groups in total. The van der Waals surface area contributed by atoms with Crippen LogP contribution >= 0.6 is 0 Å². The zero-order valence-electron chi connectivity index (χ0n) is 16.4. The lowest BCUT2D eigenvalue weighted by molar-refractivity contribution is -0.132. The predicted molar refractivity (Wildman–Crippen MR) is 99.5 cm³/mol. The van der Waals surface area contributed by atoms with Gasteiger partial charge >= 0.3 is 16.4 Å². The van der Waals surface area contributed by atoms with Crippen molar-refractivity contribution in [3.8, 4) is 0 Å². The van der Waals surface area contributed by atoms with Gasteiger partial charge in [-0.15, -0.1) is 9.38 Å². The third-order valence-electron chi connectivity index (χ3n) is 4.88. The predicted octanol–water partition coefficient (Wildman–Crippen LogP) is -2.90. The van der Waals surface area contributed by atoms with Gasteiger partial charge < -0.3 is 10.6 Å². The van der Waals surface area contributed by atoms with Gasteiger partial charge in [-0.3, -0.25) is 25.0 Å². The van der Waals surface area contributed by atoms with E-state index in [4.69, 9.17) is 10.3 Å². The van der Waals surface area contributed by atoms with Crippen LogP contribution in [0.15, 0.2) is 0 Å². The highest BCUT2D eigenvalue weighted by molar-refractivity contribution is 7.80. The Bertz CT molecular complexity index is 936. The SMILES string of the molecule is NCCCCc1nnnn1CC(=O)NNC(=O)[C@@H]1CC[C@@H]2CN1C(=O)N2OS(=O)(=O)O. The van der Waals surface area contributed by atoms with Crippen molar-refractivity contribution >= 4 is 28.2 Å². The van der Waals surface area contributed by atoms with Crippen LogP contribution in [0.4, 0.5) is 4.79 Å². The van der Waals surface area contributed by atoms with Crippen molar-refractivity contribution < 1.29 is 31.6 Å². The van der Waals surface area contributed by atoms with Crippen LogP contribution in [-0.2, 0) is 37.2 Å². The van der Waals surface area contributed by atoms with Gasteiger partial charge in [0.05, 0.1) is 6.04 Å². The van der Waals surface area contributed by atoms with E-state index in [9.17, 15) is 22.8 Å². The molecule has 0 aromatic carbocycles. The van der Waals surface area contributed by atoms with Crippen LogP contribution in [0.3, 0.4) is 0 Å². The number of fused-ring (bicyclic) bond motifs is 2. The third kappa shape index (κ3) is 5.63. The molecule has 0 aliphatic carbocycles. The molecule has 17 heteroatoms. The molecule has 16 nitrogen and oxygen atoms in total. The van der Waals surface area contributed by atoms with Gasteiger partial charge in [-0.2, -0.15) is 13.5 Å². The summed E-state index contributed by atoms with van der Waals surface area (Å²) in [7, 11) is -4.88. The molecule has 31 heavy (non-hydrogen) atoms. The number of carbonyl (C=O) groups excluding carboxylic acids is 3. The largest absolute Gasteiger partial charge is 0.418 e. The molecule has 0 unspecified atom stereocenters. The summed E-state index contributed by atoms with van der Waals surface area (Å²) in [5, 5.41) is 11.7. The minimum Gasteiger partial charge on any atom is -0.330 e. The highest BCUT2D eigenvalue weighted by atomic mass is 32.3.